The molecule has 2 aromatic rings. The molecule has 114 valence electrons. The first-order valence-electron chi connectivity index (χ1n) is 6.68. The second-order valence-corrected chi connectivity index (χ2v) is 7.60. The van der Waals surface area contributed by atoms with Gasteiger partial charge in [0, 0.05) is 10.4 Å². The lowest BCUT2D eigenvalue weighted by atomic mass is 10.1. The van der Waals surface area contributed by atoms with Gasteiger partial charge in [-0.15, -0.1) is 11.3 Å². The summed E-state index contributed by atoms with van der Waals surface area (Å²) >= 11 is 7.50. The van der Waals surface area contributed by atoms with Gasteiger partial charge in [0.15, 0.2) is 0 Å². The van der Waals surface area contributed by atoms with Crippen molar-refractivity contribution in [1.82, 2.24) is 15.3 Å². The van der Waals surface area contributed by atoms with Crippen LogP contribution >= 0.6 is 22.9 Å². The lowest BCUT2D eigenvalue weighted by molar-refractivity contribution is -0.122. The van der Waals surface area contributed by atoms with Crippen molar-refractivity contribution in [3.63, 3.8) is 0 Å². The first-order valence-corrected chi connectivity index (χ1v) is 7.87. The van der Waals surface area contributed by atoms with E-state index < -0.39 is 6.04 Å². The minimum absolute atomic E-state index is 0.0858. The molecule has 1 unspecified atom stereocenters. The van der Waals surface area contributed by atoms with Gasteiger partial charge in [0.25, 0.3) is 0 Å². The third kappa shape index (κ3) is 4.04. The van der Waals surface area contributed by atoms with Crippen molar-refractivity contribution in [3.05, 3.63) is 16.2 Å². The number of hydrogen-bond donors (Lipinski definition) is 2. The molecule has 0 bridgehead atoms. The summed E-state index contributed by atoms with van der Waals surface area (Å²) in [4.78, 5) is 22.5. The number of thiophene rings is 1. The third-order valence-corrected chi connectivity index (χ3v) is 3.85. The quantitative estimate of drug-likeness (QED) is 0.849. The number of aromatic nitrogens is 2. The smallest absolute Gasteiger partial charge is 0.242 e. The minimum Gasteiger partial charge on any atom is -0.358 e. The highest BCUT2D eigenvalue weighted by atomic mass is 35.5. The van der Waals surface area contributed by atoms with Crippen molar-refractivity contribution < 1.29 is 4.79 Å². The Kier molecular flexibility index (Phi) is 4.39. The molecule has 2 heterocycles. The molecule has 0 aliphatic heterocycles. The zero-order valence-corrected chi connectivity index (χ0v) is 14.3. The maximum absolute atomic E-state index is 12.1. The maximum atomic E-state index is 12.1. The van der Waals surface area contributed by atoms with Crippen molar-refractivity contribution in [2.24, 2.45) is 0 Å². The minimum atomic E-state index is -0.418. The van der Waals surface area contributed by atoms with Gasteiger partial charge in [0.2, 0.25) is 11.2 Å². The van der Waals surface area contributed by atoms with Crippen molar-refractivity contribution in [2.45, 2.75) is 46.2 Å². The molecule has 1 amide bonds. The summed E-state index contributed by atoms with van der Waals surface area (Å²) in [7, 11) is 0. The molecule has 5 nitrogen and oxygen atoms in total. The van der Waals surface area contributed by atoms with Crippen molar-refractivity contribution in [1.29, 1.82) is 0 Å². The van der Waals surface area contributed by atoms with Crippen LogP contribution in [0.25, 0.3) is 10.2 Å². The Balaban J connectivity index is 2.25. The molecule has 2 N–H and O–H groups in total. The summed E-state index contributed by atoms with van der Waals surface area (Å²) in [5.74, 6) is 0.503. The van der Waals surface area contributed by atoms with Crippen LogP contribution in [-0.2, 0) is 4.79 Å². The van der Waals surface area contributed by atoms with E-state index >= 15 is 0 Å². The van der Waals surface area contributed by atoms with Crippen molar-refractivity contribution >= 4 is 44.9 Å². The zero-order chi connectivity index (χ0) is 15.8. The number of carbonyl (C=O) groups excluding carboxylic acids is 1. The van der Waals surface area contributed by atoms with Crippen LogP contribution in [0.2, 0.25) is 5.28 Å². The van der Waals surface area contributed by atoms with Crippen LogP contribution in [0.4, 0.5) is 5.82 Å². The molecule has 0 fully saturated rings. The second kappa shape index (κ2) is 5.77. The van der Waals surface area contributed by atoms with Gasteiger partial charge in [-0.3, -0.25) is 4.79 Å². The summed E-state index contributed by atoms with van der Waals surface area (Å²) in [6.07, 6.45) is 0. The number of anilines is 1. The third-order valence-electron chi connectivity index (χ3n) is 2.73. The van der Waals surface area contributed by atoms with Crippen LogP contribution in [0, 0.1) is 6.92 Å². The SMILES string of the molecule is Cc1cc2c(NC(C)C(=O)NC(C)(C)C)nc(Cl)nc2s1. The number of amides is 1. The Morgan fingerprint density at radius 1 is 1.38 bits per heavy atom. The number of aryl methyl sites for hydroxylation is 1. The topological polar surface area (TPSA) is 66.9 Å². The van der Waals surface area contributed by atoms with Crippen LogP contribution < -0.4 is 10.6 Å². The van der Waals surface area contributed by atoms with Gasteiger partial charge in [0.1, 0.15) is 16.7 Å². The van der Waals surface area contributed by atoms with E-state index in [9.17, 15) is 4.79 Å². The summed E-state index contributed by atoms with van der Waals surface area (Å²) in [6.45, 7) is 9.63. The Morgan fingerprint density at radius 2 is 2.05 bits per heavy atom. The Hall–Kier alpha value is -1.40. The van der Waals surface area contributed by atoms with Crippen molar-refractivity contribution in [3.8, 4) is 0 Å². The van der Waals surface area contributed by atoms with E-state index in [0.29, 0.717) is 5.82 Å². The van der Waals surface area contributed by atoms with E-state index in [-0.39, 0.29) is 16.7 Å². The molecule has 21 heavy (non-hydrogen) atoms. The van der Waals surface area contributed by atoms with Crippen LogP contribution in [0.15, 0.2) is 6.07 Å². The van der Waals surface area contributed by atoms with Gasteiger partial charge >= 0.3 is 0 Å². The lowest BCUT2D eigenvalue weighted by Crippen LogP contribution is -2.47. The van der Waals surface area contributed by atoms with E-state index in [1.807, 2.05) is 33.8 Å². The summed E-state index contributed by atoms with van der Waals surface area (Å²) < 4.78 is 0. The van der Waals surface area contributed by atoms with E-state index in [1.54, 1.807) is 18.3 Å². The summed E-state index contributed by atoms with van der Waals surface area (Å²) in [5, 5.41) is 7.11. The van der Waals surface area contributed by atoms with Gasteiger partial charge in [-0.05, 0) is 52.3 Å². The second-order valence-electron chi connectivity index (χ2n) is 6.02. The number of carbonyl (C=O) groups is 1. The molecule has 7 heteroatoms. The fourth-order valence-corrected chi connectivity index (χ4v) is 2.97. The first kappa shape index (κ1) is 16.0. The summed E-state index contributed by atoms with van der Waals surface area (Å²) in [5.41, 5.74) is -0.273. The molecule has 1 atom stereocenters. The molecular weight excluding hydrogens is 308 g/mol. The molecule has 0 saturated heterocycles. The molecular formula is C14H19ClN4OS. The highest BCUT2D eigenvalue weighted by Gasteiger charge is 2.20. The molecule has 0 aliphatic rings. The monoisotopic (exact) mass is 326 g/mol. The standard InChI is InChI=1S/C14H19ClN4OS/c1-7-6-9-10(17-13(15)18-12(9)21-7)16-8(2)11(20)19-14(3,4)5/h6,8H,1-5H3,(H,19,20)(H,16,17,18). The number of nitrogens with zero attached hydrogens (tertiary/aromatic N) is 2. The molecule has 2 aromatic heterocycles. The zero-order valence-electron chi connectivity index (χ0n) is 12.7. The van der Waals surface area contributed by atoms with E-state index in [2.05, 4.69) is 20.6 Å². The first-order chi connectivity index (χ1) is 9.65. The molecule has 0 saturated carbocycles. The number of rotatable bonds is 3. The highest BCUT2D eigenvalue weighted by molar-refractivity contribution is 7.18. The van der Waals surface area contributed by atoms with Gasteiger partial charge in [-0.2, -0.15) is 0 Å². The number of nitrogens with one attached hydrogen (secondary N) is 2. The average molecular weight is 327 g/mol. The van der Waals surface area contributed by atoms with Crippen LogP contribution in [-0.4, -0.2) is 27.5 Å². The summed E-state index contributed by atoms with van der Waals surface area (Å²) in [6, 6.07) is 1.58. The maximum Gasteiger partial charge on any atom is 0.242 e. The number of fused-ring (bicyclic) bond motifs is 1. The molecule has 0 aliphatic carbocycles. The fourth-order valence-electron chi connectivity index (χ4n) is 1.87. The largest absolute Gasteiger partial charge is 0.358 e. The lowest BCUT2D eigenvalue weighted by Gasteiger charge is -2.24. The molecule has 2 rings (SSSR count). The predicted octanol–water partition coefficient (Wildman–Crippen LogP) is 3.37. The van der Waals surface area contributed by atoms with Gasteiger partial charge in [0.05, 0.1) is 5.39 Å². The number of hydrogen-bond acceptors (Lipinski definition) is 5. The molecule has 0 radical (unpaired) electrons. The molecule has 0 spiro atoms. The Labute approximate surface area is 133 Å². The van der Waals surface area contributed by atoms with Crippen LogP contribution in [0.1, 0.15) is 32.6 Å². The molecule has 0 aromatic carbocycles. The van der Waals surface area contributed by atoms with E-state index in [4.69, 9.17) is 11.6 Å². The van der Waals surface area contributed by atoms with Gasteiger partial charge < -0.3 is 10.6 Å². The van der Waals surface area contributed by atoms with Gasteiger partial charge in [-0.25, -0.2) is 9.97 Å². The number of halogens is 1. The highest BCUT2D eigenvalue weighted by Crippen LogP contribution is 2.29. The van der Waals surface area contributed by atoms with Crippen LogP contribution in [0.5, 0.6) is 0 Å². The normalized spacial score (nSPS) is 13.2. The average Bonchev–Trinajstić information content (AvgIpc) is 2.67. The predicted molar refractivity (Wildman–Crippen MR) is 88.1 cm³/mol. The van der Waals surface area contributed by atoms with E-state index in [0.717, 1.165) is 15.1 Å². The van der Waals surface area contributed by atoms with Crippen molar-refractivity contribution in [2.75, 3.05) is 5.32 Å². The van der Waals surface area contributed by atoms with E-state index in [1.165, 1.54) is 0 Å². The Bertz CT molecular complexity index is 677. The van der Waals surface area contributed by atoms with Gasteiger partial charge in [-0.1, -0.05) is 0 Å². The Morgan fingerprint density at radius 3 is 2.67 bits per heavy atom. The van der Waals surface area contributed by atoms with Crippen LogP contribution in [0.3, 0.4) is 0 Å². The fraction of sp³-hybridized carbons (Fsp3) is 0.500.